The van der Waals surface area contributed by atoms with Crippen LogP contribution in [0.15, 0.2) is 57.9 Å². The second kappa shape index (κ2) is 11.5. The molecule has 5 rings (SSSR count). The Balaban J connectivity index is 1.57. The highest BCUT2D eigenvalue weighted by Crippen LogP contribution is 2.38. The number of aromatic nitrogens is 2. The summed E-state index contributed by atoms with van der Waals surface area (Å²) in [6.07, 6.45) is 3.73. The molecule has 0 amide bonds. The quantitative estimate of drug-likeness (QED) is 0.245. The number of carbonyl (C=O) groups is 1. The molecule has 2 aromatic heterocycles. The molecule has 0 aliphatic carbocycles. The number of oxazole rings is 1. The van der Waals surface area contributed by atoms with E-state index >= 15 is 4.39 Å². The lowest BCUT2D eigenvalue weighted by atomic mass is 9.96. The normalized spacial score (nSPS) is 14.6. The topological polar surface area (TPSA) is 68.3 Å². The number of pyridine rings is 1. The van der Waals surface area contributed by atoms with E-state index in [4.69, 9.17) is 21.0 Å². The molecule has 1 aliphatic rings. The van der Waals surface area contributed by atoms with Gasteiger partial charge in [-0.2, -0.15) is 0 Å². The van der Waals surface area contributed by atoms with E-state index in [0.717, 1.165) is 49.7 Å². The number of hydrogen-bond acceptors (Lipinski definition) is 5. The van der Waals surface area contributed by atoms with Crippen LogP contribution in [0.2, 0.25) is 5.02 Å². The standard InChI is InChI=1S/C31H30ClF2N3O3/c1-18-14-23(32)15-19(2)29(18)37-17-22(4-7-27(37)39)28-30(25-6-5-24(33)16-26(25)34)40-31(35-28)21-9-12-36(13-10-21)11-8-20(3)38/h4-7,14-17,21H,8-13H2,1-3H3. The van der Waals surface area contributed by atoms with Crippen LogP contribution in [0.5, 0.6) is 0 Å². The van der Waals surface area contributed by atoms with Crippen molar-refractivity contribution in [2.24, 2.45) is 0 Å². The van der Waals surface area contributed by atoms with Crippen LogP contribution < -0.4 is 5.56 Å². The summed E-state index contributed by atoms with van der Waals surface area (Å²) in [5, 5.41) is 0.575. The predicted molar refractivity (Wildman–Crippen MR) is 151 cm³/mol. The van der Waals surface area contributed by atoms with Crippen molar-refractivity contribution in [1.82, 2.24) is 14.5 Å². The summed E-state index contributed by atoms with van der Waals surface area (Å²) in [7, 11) is 0. The molecule has 3 heterocycles. The summed E-state index contributed by atoms with van der Waals surface area (Å²) in [4.78, 5) is 31.4. The number of carbonyl (C=O) groups excluding carboxylic acids is 1. The molecule has 208 valence electrons. The molecule has 2 aromatic carbocycles. The zero-order valence-electron chi connectivity index (χ0n) is 22.6. The van der Waals surface area contributed by atoms with Crippen LogP contribution >= 0.6 is 11.6 Å². The molecule has 0 unspecified atom stereocenters. The number of likely N-dealkylation sites (tertiary alicyclic amines) is 1. The van der Waals surface area contributed by atoms with Gasteiger partial charge in [-0.25, -0.2) is 13.8 Å². The van der Waals surface area contributed by atoms with E-state index < -0.39 is 11.6 Å². The number of piperidine rings is 1. The summed E-state index contributed by atoms with van der Waals surface area (Å²) in [5.74, 6) is -0.645. The Hall–Kier alpha value is -3.62. The maximum Gasteiger partial charge on any atom is 0.255 e. The minimum Gasteiger partial charge on any atom is -0.440 e. The Morgan fingerprint density at radius 2 is 1.77 bits per heavy atom. The van der Waals surface area contributed by atoms with Gasteiger partial charge < -0.3 is 9.32 Å². The fraction of sp³-hybridized carbons (Fsp3) is 0.323. The highest BCUT2D eigenvalue weighted by molar-refractivity contribution is 6.30. The number of aryl methyl sites for hydroxylation is 2. The maximum absolute atomic E-state index is 15.0. The molecule has 1 saturated heterocycles. The van der Waals surface area contributed by atoms with Crippen molar-refractivity contribution in [2.45, 2.75) is 46.0 Å². The minimum absolute atomic E-state index is 0.00348. The molecule has 9 heteroatoms. The van der Waals surface area contributed by atoms with E-state index in [2.05, 4.69) is 4.90 Å². The highest BCUT2D eigenvalue weighted by atomic mass is 35.5. The summed E-state index contributed by atoms with van der Waals surface area (Å²) in [6.45, 7) is 7.64. The zero-order chi connectivity index (χ0) is 28.6. The molecule has 1 fully saturated rings. The minimum atomic E-state index is -0.763. The van der Waals surface area contributed by atoms with E-state index in [0.29, 0.717) is 34.3 Å². The summed E-state index contributed by atoms with van der Waals surface area (Å²) >= 11 is 6.22. The molecular weight excluding hydrogens is 536 g/mol. The lowest BCUT2D eigenvalue weighted by Gasteiger charge is -2.30. The van der Waals surface area contributed by atoms with Gasteiger partial charge in [0.25, 0.3) is 5.56 Å². The van der Waals surface area contributed by atoms with Gasteiger partial charge in [0.2, 0.25) is 0 Å². The van der Waals surface area contributed by atoms with Gasteiger partial charge >= 0.3 is 0 Å². The molecule has 0 radical (unpaired) electrons. The second-order valence-corrected chi connectivity index (χ2v) is 10.9. The van der Waals surface area contributed by atoms with Gasteiger partial charge in [-0.1, -0.05) is 11.6 Å². The number of hydrogen-bond donors (Lipinski definition) is 0. The van der Waals surface area contributed by atoms with E-state index in [1.54, 1.807) is 31.3 Å². The number of halogens is 3. The molecular formula is C31H30ClF2N3O3. The maximum atomic E-state index is 15.0. The third-order valence-electron chi connectivity index (χ3n) is 7.42. The van der Waals surface area contributed by atoms with Crippen LogP contribution in [0.1, 0.15) is 49.1 Å². The van der Waals surface area contributed by atoms with Gasteiger partial charge in [0.1, 0.15) is 23.1 Å². The molecule has 0 N–H and O–H groups in total. The Kier molecular flexibility index (Phi) is 8.01. The van der Waals surface area contributed by atoms with Crippen molar-refractivity contribution in [1.29, 1.82) is 0 Å². The van der Waals surface area contributed by atoms with E-state index in [-0.39, 0.29) is 28.6 Å². The molecule has 1 aliphatic heterocycles. The monoisotopic (exact) mass is 565 g/mol. The van der Waals surface area contributed by atoms with Gasteiger partial charge in [-0.3, -0.25) is 14.2 Å². The van der Waals surface area contributed by atoms with Crippen molar-refractivity contribution in [3.8, 4) is 28.3 Å². The zero-order valence-corrected chi connectivity index (χ0v) is 23.4. The SMILES string of the molecule is CC(=O)CCN1CCC(c2nc(-c3ccc(=O)n(-c4c(C)cc(Cl)cc4C)c3)c(-c3ccc(F)cc3F)o2)CC1. The smallest absolute Gasteiger partial charge is 0.255 e. The average Bonchev–Trinajstić information content (AvgIpc) is 3.33. The number of rotatable bonds is 7. The number of nitrogens with zero attached hydrogens (tertiary/aromatic N) is 3. The van der Waals surface area contributed by atoms with Crippen LogP contribution in [-0.2, 0) is 4.79 Å². The Morgan fingerprint density at radius 3 is 2.42 bits per heavy atom. The van der Waals surface area contributed by atoms with Crippen LogP contribution in [-0.4, -0.2) is 39.9 Å². The van der Waals surface area contributed by atoms with Gasteiger partial charge in [0.15, 0.2) is 11.7 Å². The summed E-state index contributed by atoms with van der Waals surface area (Å²) in [5.41, 5.74) is 3.13. The highest BCUT2D eigenvalue weighted by Gasteiger charge is 2.28. The fourth-order valence-electron chi connectivity index (χ4n) is 5.37. The number of benzene rings is 2. The van der Waals surface area contributed by atoms with Crippen LogP contribution in [0, 0.1) is 25.5 Å². The predicted octanol–water partition coefficient (Wildman–Crippen LogP) is 6.87. The second-order valence-electron chi connectivity index (χ2n) is 10.4. The Bertz CT molecular complexity index is 1610. The molecule has 0 atom stereocenters. The van der Waals surface area contributed by atoms with E-state index in [9.17, 15) is 14.0 Å². The third kappa shape index (κ3) is 5.78. The largest absolute Gasteiger partial charge is 0.440 e. The van der Waals surface area contributed by atoms with Gasteiger partial charge in [0.05, 0.1) is 11.3 Å². The molecule has 4 aromatic rings. The number of Topliss-reactive ketones (excluding diaryl/α,β-unsaturated/α-hetero) is 1. The Morgan fingerprint density at radius 1 is 1.07 bits per heavy atom. The first-order chi connectivity index (χ1) is 19.1. The molecule has 0 saturated carbocycles. The van der Waals surface area contributed by atoms with Gasteiger partial charge in [-0.15, -0.1) is 0 Å². The first kappa shape index (κ1) is 27.9. The van der Waals surface area contributed by atoms with Crippen molar-refractivity contribution in [3.63, 3.8) is 0 Å². The Labute approximate surface area is 236 Å². The molecule has 6 nitrogen and oxygen atoms in total. The van der Waals surface area contributed by atoms with Crippen molar-refractivity contribution in [2.75, 3.05) is 19.6 Å². The number of ketones is 1. The van der Waals surface area contributed by atoms with Gasteiger partial charge in [-0.05, 0) is 88.2 Å². The van der Waals surface area contributed by atoms with E-state index in [1.807, 2.05) is 13.8 Å². The van der Waals surface area contributed by atoms with Crippen molar-refractivity contribution >= 4 is 17.4 Å². The first-order valence-corrected chi connectivity index (χ1v) is 13.7. The van der Waals surface area contributed by atoms with Crippen LogP contribution in [0.4, 0.5) is 8.78 Å². The van der Waals surface area contributed by atoms with Crippen molar-refractivity contribution in [3.05, 3.63) is 92.7 Å². The lowest BCUT2D eigenvalue weighted by molar-refractivity contribution is -0.117. The third-order valence-corrected chi connectivity index (χ3v) is 7.64. The molecule has 40 heavy (non-hydrogen) atoms. The summed E-state index contributed by atoms with van der Waals surface area (Å²) in [6, 6.07) is 9.99. The first-order valence-electron chi connectivity index (χ1n) is 13.3. The van der Waals surface area contributed by atoms with E-state index in [1.165, 1.54) is 22.8 Å². The molecule has 0 spiro atoms. The molecule has 0 bridgehead atoms. The summed E-state index contributed by atoms with van der Waals surface area (Å²) < 4.78 is 36.5. The van der Waals surface area contributed by atoms with Crippen molar-refractivity contribution < 1.29 is 18.0 Å². The van der Waals surface area contributed by atoms with Crippen LogP contribution in [0.3, 0.4) is 0 Å². The average molecular weight is 566 g/mol. The van der Waals surface area contributed by atoms with Gasteiger partial charge in [0, 0.05) is 47.8 Å². The van der Waals surface area contributed by atoms with Crippen LogP contribution in [0.25, 0.3) is 28.3 Å². The lowest BCUT2D eigenvalue weighted by Crippen LogP contribution is -2.34. The fourth-order valence-corrected chi connectivity index (χ4v) is 5.69.